The van der Waals surface area contributed by atoms with Crippen LogP contribution in [0.1, 0.15) is 32.9 Å². The largest absolute Gasteiger partial charge is 0.481 e. The van der Waals surface area contributed by atoms with Gasteiger partial charge in [0, 0.05) is 22.7 Å². The lowest BCUT2D eigenvalue weighted by Gasteiger charge is -2.10. The quantitative estimate of drug-likeness (QED) is 0.755. The molecule has 0 spiro atoms. The van der Waals surface area contributed by atoms with E-state index in [1.165, 1.54) is 11.3 Å². The van der Waals surface area contributed by atoms with E-state index in [0.717, 1.165) is 16.1 Å². The fourth-order valence-corrected chi connectivity index (χ4v) is 2.79. The van der Waals surface area contributed by atoms with E-state index in [2.05, 4.69) is 15.6 Å². The Labute approximate surface area is 138 Å². The van der Waals surface area contributed by atoms with Crippen LogP contribution in [0.15, 0.2) is 18.2 Å². The number of nitrogens with one attached hydrogen (secondary N) is 2. The Kier molecular flexibility index (Phi) is 5.33. The first kappa shape index (κ1) is 17.0. The molecular weight excluding hydrogens is 314 g/mol. The van der Waals surface area contributed by atoms with E-state index >= 15 is 0 Å². The standard InChI is InChI=1S/C16H19N3O3S/c1-9-4-5-12(17-7-6-14(20)21)8-13(9)15(22)19-16-18-10(2)11(3)23-16/h4-5,8,17H,6-7H2,1-3H3,(H,20,21)(H,18,19,22). The van der Waals surface area contributed by atoms with Crippen LogP contribution in [0, 0.1) is 20.8 Å². The zero-order valence-electron chi connectivity index (χ0n) is 13.3. The molecule has 0 fully saturated rings. The van der Waals surface area contributed by atoms with E-state index in [0.29, 0.717) is 22.9 Å². The summed E-state index contributed by atoms with van der Waals surface area (Å²) in [5.41, 5.74) is 3.01. The van der Waals surface area contributed by atoms with Crippen LogP contribution in [0.3, 0.4) is 0 Å². The summed E-state index contributed by atoms with van der Waals surface area (Å²) in [6, 6.07) is 5.38. The average Bonchev–Trinajstić information content (AvgIpc) is 2.78. The molecule has 0 radical (unpaired) electrons. The predicted molar refractivity (Wildman–Crippen MR) is 91.5 cm³/mol. The number of aromatic nitrogens is 1. The molecule has 1 aromatic heterocycles. The number of aryl methyl sites for hydroxylation is 3. The maximum atomic E-state index is 12.4. The van der Waals surface area contributed by atoms with Gasteiger partial charge in [-0.05, 0) is 38.5 Å². The van der Waals surface area contributed by atoms with Crippen molar-refractivity contribution in [3.8, 4) is 0 Å². The van der Waals surface area contributed by atoms with Crippen molar-refractivity contribution in [2.24, 2.45) is 0 Å². The third-order valence-electron chi connectivity index (χ3n) is 3.40. The summed E-state index contributed by atoms with van der Waals surface area (Å²) in [5, 5.41) is 15.0. The van der Waals surface area contributed by atoms with Crippen LogP contribution < -0.4 is 10.6 Å². The van der Waals surface area contributed by atoms with Crippen LogP contribution in [0.25, 0.3) is 0 Å². The van der Waals surface area contributed by atoms with Crippen molar-refractivity contribution in [2.45, 2.75) is 27.2 Å². The molecule has 122 valence electrons. The first-order valence-electron chi connectivity index (χ1n) is 7.18. The van der Waals surface area contributed by atoms with Gasteiger partial charge in [0.15, 0.2) is 5.13 Å². The second-order valence-corrected chi connectivity index (χ2v) is 6.42. The maximum Gasteiger partial charge on any atom is 0.305 e. The van der Waals surface area contributed by atoms with E-state index in [4.69, 9.17) is 5.11 Å². The fraction of sp³-hybridized carbons (Fsp3) is 0.312. The van der Waals surface area contributed by atoms with Gasteiger partial charge < -0.3 is 10.4 Å². The van der Waals surface area contributed by atoms with Gasteiger partial charge in [-0.3, -0.25) is 14.9 Å². The topological polar surface area (TPSA) is 91.3 Å². The molecule has 2 aromatic rings. The summed E-state index contributed by atoms with van der Waals surface area (Å²) < 4.78 is 0. The highest BCUT2D eigenvalue weighted by Crippen LogP contribution is 2.23. The van der Waals surface area contributed by atoms with Gasteiger partial charge in [0.1, 0.15) is 0 Å². The lowest BCUT2D eigenvalue weighted by molar-refractivity contribution is -0.136. The zero-order chi connectivity index (χ0) is 17.0. The molecule has 6 nitrogen and oxygen atoms in total. The number of anilines is 2. The van der Waals surface area contributed by atoms with Crippen molar-refractivity contribution < 1.29 is 14.7 Å². The van der Waals surface area contributed by atoms with Crippen molar-refractivity contribution in [2.75, 3.05) is 17.2 Å². The monoisotopic (exact) mass is 333 g/mol. The Morgan fingerprint density at radius 3 is 2.61 bits per heavy atom. The molecule has 1 amide bonds. The molecule has 0 bridgehead atoms. The molecule has 1 heterocycles. The first-order chi connectivity index (χ1) is 10.9. The van der Waals surface area contributed by atoms with Crippen LogP contribution in [-0.4, -0.2) is 28.5 Å². The van der Waals surface area contributed by atoms with Crippen LogP contribution in [0.2, 0.25) is 0 Å². The van der Waals surface area contributed by atoms with Crippen molar-refractivity contribution >= 4 is 34.0 Å². The van der Waals surface area contributed by atoms with Crippen LogP contribution >= 0.6 is 11.3 Å². The lowest BCUT2D eigenvalue weighted by atomic mass is 10.1. The molecule has 3 N–H and O–H groups in total. The Morgan fingerprint density at radius 1 is 1.26 bits per heavy atom. The number of aliphatic carboxylic acids is 1. The average molecular weight is 333 g/mol. The number of benzene rings is 1. The molecule has 1 aromatic carbocycles. The third-order valence-corrected chi connectivity index (χ3v) is 4.39. The number of carbonyl (C=O) groups excluding carboxylic acids is 1. The highest BCUT2D eigenvalue weighted by atomic mass is 32.1. The molecule has 7 heteroatoms. The maximum absolute atomic E-state index is 12.4. The lowest BCUT2D eigenvalue weighted by Crippen LogP contribution is -2.14. The number of carboxylic acids is 1. The minimum Gasteiger partial charge on any atom is -0.481 e. The molecule has 0 aliphatic rings. The van der Waals surface area contributed by atoms with Gasteiger partial charge >= 0.3 is 5.97 Å². The summed E-state index contributed by atoms with van der Waals surface area (Å²) in [6.45, 7) is 6.03. The zero-order valence-corrected chi connectivity index (χ0v) is 14.1. The number of hydrogen-bond acceptors (Lipinski definition) is 5. The normalized spacial score (nSPS) is 10.4. The van der Waals surface area contributed by atoms with Gasteiger partial charge in [0.05, 0.1) is 12.1 Å². The molecule has 0 saturated heterocycles. The van der Waals surface area contributed by atoms with E-state index < -0.39 is 5.97 Å². The van der Waals surface area contributed by atoms with Crippen LogP contribution in [0.4, 0.5) is 10.8 Å². The third kappa shape index (κ3) is 4.53. The minimum absolute atomic E-state index is 0.0209. The number of amides is 1. The van der Waals surface area contributed by atoms with Gasteiger partial charge in [0.25, 0.3) is 5.91 Å². The SMILES string of the molecule is Cc1ccc(NCCC(=O)O)cc1C(=O)Nc1nc(C)c(C)s1. The highest BCUT2D eigenvalue weighted by Gasteiger charge is 2.13. The summed E-state index contributed by atoms with van der Waals surface area (Å²) in [4.78, 5) is 28.3. The highest BCUT2D eigenvalue weighted by molar-refractivity contribution is 7.15. The predicted octanol–water partition coefficient (Wildman–Crippen LogP) is 3.21. The molecule has 0 aliphatic heterocycles. The number of rotatable bonds is 6. The summed E-state index contributed by atoms with van der Waals surface area (Å²) >= 11 is 1.44. The Bertz CT molecular complexity index is 721. The summed E-state index contributed by atoms with van der Waals surface area (Å²) in [5.74, 6) is -1.09. The van der Waals surface area contributed by atoms with Crippen molar-refractivity contribution in [1.82, 2.24) is 4.98 Å². The van der Waals surface area contributed by atoms with Gasteiger partial charge in [-0.2, -0.15) is 0 Å². The Balaban J connectivity index is 2.10. The van der Waals surface area contributed by atoms with Crippen molar-refractivity contribution in [3.05, 3.63) is 39.9 Å². The Morgan fingerprint density at radius 2 is 2.00 bits per heavy atom. The van der Waals surface area contributed by atoms with Gasteiger partial charge in [-0.15, -0.1) is 11.3 Å². The van der Waals surface area contributed by atoms with E-state index in [1.54, 1.807) is 6.07 Å². The Hall–Kier alpha value is -2.41. The molecule has 2 rings (SSSR count). The number of thiazole rings is 1. The van der Waals surface area contributed by atoms with Crippen LogP contribution in [0.5, 0.6) is 0 Å². The summed E-state index contributed by atoms with van der Waals surface area (Å²) in [7, 11) is 0. The smallest absolute Gasteiger partial charge is 0.305 e. The second kappa shape index (κ2) is 7.23. The molecule has 23 heavy (non-hydrogen) atoms. The number of carbonyl (C=O) groups is 2. The van der Waals surface area contributed by atoms with E-state index in [9.17, 15) is 9.59 Å². The van der Waals surface area contributed by atoms with E-state index in [1.807, 2.05) is 32.9 Å². The molecule has 0 atom stereocenters. The van der Waals surface area contributed by atoms with Gasteiger partial charge in [-0.25, -0.2) is 4.98 Å². The second-order valence-electron chi connectivity index (χ2n) is 5.21. The fourth-order valence-electron chi connectivity index (χ4n) is 1.98. The number of hydrogen-bond donors (Lipinski definition) is 3. The summed E-state index contributed by atoms with van der Waals surface area (Å²) in [6.07, 6.45) is 0.0209. The number of nitrogens with zero attached hydrogens (tertiary/aromatic N) is 1. The van der Waals surface area contributed by atoms with Gasteiger partial charge in [-0.1, -0.05) is 6.07 Å². The van der Waals surface area contributed by atoms with Crippen LogP contribution in [-0.2, 0) is 4.79 Å². The van der Waals surface area contributed by atoms with Crippen molar-refractivity contribution in [1.29, 1.82) is 0 Å². The van der Waals surface area contributed by atoms with E-state index in [-0.39, 0.29) is 12.3 Å². The van der Waals surface area contributed by atoms with Gasteiger partial charge in [0.2, 0.25) is 0 Å². The minimum atomic E-state index is -0.864. The molecule has 0 saturated carbocycles. The molecule has 0 aliphatic carbocycles. The molecular formula is C16H19N3O3S. The van der Waals surface area contributed by atoms with Crippen molar-refractivity contribution in [3.63, 3.8) is 0 Å². The molecule has 0 unspecified atom stereocenters. The number of carboxylic acid groups (broad SMARTS) is 1. The first-order valence-corrected chi connectivity index (χ1v) is 8.00.